The molecule has 0 saturated heterocycles. The number of amides is 1. The quantitative estimate of drug-likeness (QED) is 0.762. The molecule has 94 valence electrons. The lowest BCUT2D eigenvalue weighted by Crippen LogP contribution is -2.38. The Bertz CT molecular complexity index is 414. The predicted molar refractivity (Wildman–Crippen MR) is 65.7 cm³/mol. The number of hydrogen-bond donors (Lipinski definition) is 3. The Morgan fingerprint density at radius 1 is 1.65 bits per heavy atom. The van der Waals surface area contributed by atoms with Gasteiger partial charge in [-0.1, -0.05) is 6.07 Å². The Morgan fingerprint density at radius 3 is 2.82 bits per heavy atom. The molecule has 0 aliphatic rings. The van der Waals surface area contributed by atoms with Crippen LogP contribution in [0.1, 0.15) is 18.5 Å². The molecule has 1 aromatic rings. The lowest BCUT2D eigenvalue weighted by molar-refractivity contribution is -0.125. The molecule has 0 saturated carbocycles. The summed E-state index contributed by atoms with van der Waals surface area (Å²) in [5.74, 6) is -1.11. The Morgan fingerprint density at radius 2 is 2.29 bits per heavy atom. The average Bonchev–Trinajstić information content (AvgIpc) is 2.28. The zero-order chi connectivity index (χ0) is 13.0. The van der Waals surface area contributed by atoms with Crippen LogP contribution >= 0.6 is 15.9 Å². The summed E-state index contributed by atoms with van der Waals surface area (Å²) in [7, 11) is 0. The molecule has 4 N–H and O–H groups in total. The van der Waals surface area contributed by atoms with E-state index in [1.807, 2.05) is 6.92 Å². The third kappa shape index (κ3) is 4.07. The van der Waals surface area contributed by atoms with Gasteiger partial charge in [0, 0.05) is 12.6 Å². The molecule has 0 fully saturated rings. The number of carbonyl (C=O) groups excluding carboxylic acids is 1. The maximum absolute atomic E-state index is 13.0. The van der Waals surface area contributed by atoms with Crippen molar-refractivity contribution in [3.63, 3.8) is 0 Å². The molecule has 0 aliphatic carbocycles. The van der Waals surface area contributed by atoms with Crippen LogP contribution in [0.15, 0.2) is 22.7 Å². The monoisotopic (exact) mass is 304 g/mol. The van der Waals surface area contributed by atoms with Gasteiger partial charge in [0.25, 0.3) is 0 Å². The van der Waals surface area contributed by atoms with Crippen molar-refractivity contribution in [2.45, 2.75) is 19.1 Å². The number of aliphatic hydroxyl groups excluding tert-OH is 1. The van der Waals surface area contributed by atoms with E-state index in [2.05, 4.69) is 21.2 Å². The number of rotatable bonds is 5. The van der Waals surface area contributed by atoms with Gasteiger partial charge in [-0.3, -0.25) is 4.79 Å². The molecule has 0 aliphatic heterocycles. The molecule has 1 amide bonds. The smallest absolute Gasteiger partial charge is 0.247 e. The van der Waals surface area contributed by atoms with E-state index in [-0.39, 0.29) is 18.4 Å². The van der Waals surface area contributed by atoms with E-state index in [9.17, 15) is 14.3 Å². The van der Waals surface area contributed by atoms with E-state index in [4.69, 9.17) is 5.73 Å². The maximum Gasteiger partial charge on any atom is 0.247 e. The first-order valence-corrected chi connectivity index (χ1v) is 5.87. The van der Waals surface area contributed by atoms with Crippen molar-refractivity contribution in [2.75, 3.05) is 6.54 Å². The van der Waals surface area contributed by atoms with Crippen LogP contribution in [0.4, 0.5) is 4.39 Å². The molecule has 6 heteroatoms. The third-order valence-corrected chi connectivity index (χ3v) is 3.00. The number of benzene rings is 1. The maximum atomic E-state index is 13.0. The fourth-order valence-corrected chi connectivity index (χ4v) is 1.69. The van der Waals surface area contributed by atoms with Crippen molar-refractivity contribution >= 4 is 21.8 Å². The summed E-state index contributed by atoms with van der Waals surface area (Å²) in [6, 6.07) is 4.50. The summed E-state index contributed by atoms with van der Waals surface area (Å²) in [5, 5.41) is 12.1. The summed E-state index contributed by atoms with van der Waals surface area (Å²) in [6.45, 7) is 1.90. The topological polar surface area (TPSA) is 75.3 Å². The summed E-state index contributed by atoms with van der Waals surface area (Å²) < 4.78 is 13.4. The minimum Gasteiger partial charge on any atom is -0.382 e. The van der Waals surface area contributed by atoms with E-state index in [1.54, 1.807) is 12.1 Å². The van der Waals surface area contributed by atoms with Gasteiger partial charge in [-0.15, -0.1) is 0 Å². The summed E-state index contributed by atoms with van der Waals surface area (Å²) >= 11 is 3.09. The zero-order valence-corrected chi connectivity index (χ0v) is 10.9. The molecule has 0 heterocycles. The van der Waals surface area contributed by atoms with Crippen LogP contribution in [0.25, 0.3) is 0 Å². The highest BCUT2D eigenvalue weighted by molar-refractivity contribution is 9.10. The molecule has 0 bridgehead atoms. The minimum atomic E-state index is -1.22. The number of primary amides is 1. The fourth-order valence-electron chi connectivity index (χ4n) is 1.29. The lowest BCUT2D eigenvalue weighted by atomic mass is 10.1. The third-order valence-electron chi connectivity index (χ3n) is 2.39. The summed E-state index contributed by atoms with van der Waals surface area (Å²) in [5.41, 5.74) is 5.76. The van der Waals surface area contributed by atoms with Gasteiger partial charge >= 0.3 is 0 Å². The van der Waals surface area contributed by atoms with E-state index < -0.39 is 12.0 Å². The molecule has 4 nitrogen and oxygen atoms in total. The van der Waals surface area contributed by atoms with Crippen LogP contribution in [0, 0.1) is 5.82 Å². The largest absolute Gasteiger partial charge is 0.382 e. The second-order valence-corrected chi connectivity index (χ2v) is 4.58. The second-order valence-electron chi connectivity index (χ2n) is 3.72. The first-order chi connectivity index (χ1) is 7.91. The molecule has 0 spiro atoms. The number of hydrogen-bond acceptors (Lipinski definition) is 3. The molecular formula is C11H14BrFN2O2. The molecule has 2 atom stereocenters. The SMILES string of the molecule is CC(NCC(O)C(N)=O)c1ccc(F)c(Br)c1. The first-order valence-electron chi connectivity index (χ1n) is 5.07. The summed E-state index contributed by atoms with van der Waals surface area (Å²) in [6.07, 6.45) is -1.22. The van der Waals surface area contributed by atoms with Gasteiger partial charge in [0.2, 0.25) is 5.91 Å². The number of nitrogens with two attached hydrogens (primary N) is 1. The first kappa shape index (κ1) is 14.1. The standard InChI is InChI=1S/C11H14BrFN2O2/c1-6(15-5-10(16)11(14)17)7-2-3-9(13)8(12)4-7/h2-4,6,10,15-16H,5H2,1H3,(H2,14,17). The van der Waals surface area contributed by atoms with E-state index in [0.29, 0.717) is 4.47 Å². The van der Waals surface area contributed by atoms with Crippen LogP contribution < -0.4 is 11.1 Å². The van der Waals surface area contributed by atoms with Crippen LogP contribution in [0.3, 0.4) is 0 Å². The van der Waals surface area contributed by atoms with Crippen molar-refractivity contribution in [1.82, 2.24) is 5.32 Å². The van der Waals surface area contributed by atoms with Gasteiger partial charge < -0.3 is 16.2 Å². The van der Waals surface area contributed by atoms with Crippen molar-refractivity contribution in [3.8, 4) is 0 Å². The molecular weight excluding hydrogens is 291 g/mol. The fraction of sp³-hybridized carbons (Fsp3) is 0.364. The van der Waals surface area contributed by atoms with Crippen molar-refractivity contribution in [3.05, 3.63) is 34.1 Å². The average molecular weight is 305 g/mol. The highest BCUT2D eigenvalue weighted by Gasteiger charge is 2.13. The Labute approximate surface area is 107 Å². The number of carbonyl (C=O) groups is 1. The Hall–Kier alpha value is -0.980. The molecule has 0 aromatic heterocycles. The predicted octanol–water partition coefficient (Wildman–Crippen LogP) is 1.09. The van der Waals surface area contributed by atoms with Gasteiger partial charge in [-0.05, 0) is 40.5 Å². The molecule has 1 aromatic carbocycles. The van der Waals surface area contributed by atoms with Crippen LogP contribution in [0.2, 0.25) is 0 Å². The Balaban J connectivity index is 2.60. The second kappa shape index (κ2) is 6.09. The minimum absolute atomic E-state index is 0.0610. The van der Waals surface area contributed by atoms with Gasteiger partial charge in [0.1, 0.15) is 11.9 Å². The van der Waals surface area contributed by atoms with E-state index in [0.717, 1.165) is 5.56 Å². The van der Waals surface area contributed by atoms with Crippen molar-refractivity contribution in [2.24, 2.45) is 5.73 Å². The van der Waals surface area contributed by atoms with Crippen LogP contribution in [-0.2, 0) is 4.79 Å². The number of halogens is 2. The highest BCUT2D eigenvalue weighted by Crippen LogP contribution is 2.21. The van der Waals surface area contributed by atoms with Crippen LogP contribution in [0.5, 0.6) is 0 Å². The normalized spacial score (nSPS) is 14.4. The van der Waals surface area contributed by atoms with E-state index in [1.165, 1.54) is 6.07 Å². The highest BCUT2D eigenvalue weighted by atomic mass is 79.9. The van der Waals surface area contributed by atoms with Crippen molar-refractivity contribution in [1.29, 1.82) is 0 Å². The molecule has 0 radical (unpaired) electrons. The lowest BCUT2D eigenvalue weighted by Gasteiger charge is -2.16. The molecule has 2 unspecified atom stereocenters. The van der Waals surface area contributed by atoms with Gasteiger partial charge in [-0.25, -0.2) is 4.39 Å². The van der Waals surface area contributed by atoms with Gasteiger partial charge in [-0.2, -0.15) is 0 Å². The Kier molecular flexibility index (Phi) is 5.04. The van der Waals surface area contributed by atoms with Gasteiger partial charge in [0.15, 0.2) is 0 Å². The molecule has 1 rings (SSSR count). The summed E-state index contributed by atoms with van der Waals surface area (Å²) in [4.78, 5) is 10.6. The van der Waals surface area contributed by atoms with Crippen molar-refractivity contribution < 1.29 is 14.3 Å². The van der Waals surface area contributed by atoms with Gasteiger partial charge in [0.05, 0.1) is 4.47 Å². The number of nitrogens with one attached hydrogen (secondary N) is 1. The van der Waals surface area contributed by atoms with Crippen LogP contribution in [-0.4, -0.2) is 23.7 Å². The number of aliphatic hydroxyl groups is 1. The zero-order valence-electron chi connectivity index (χ0n) is 9.28. The molecule has 17 heavy (non-hydrogen) atoms. The van der Waals surface area contributed by atoms with E-state index >= 15 is 0 Å².